The average molecular weight is 550 g/mol. The maximum Gasteiger partial charge on any atom is 0.254 e. The number of para-hydroxylation sites is 1. The monoisotopic (exact) mass is 549 g/mol. The lowest BCUT2D eigenvalue weighted by Crippen LogP contribution is -2.54. The van der Waals surface area contributed by atoms with Crippen LogP contribution in [0.3, 0.4) is 0 Å². The van der Waals surface area contributed by atoms with Crippen molar-refractivity contribution in [1.82, 2.24) is 14.8 Å². The van der Waals surface area contributed by atoms with E-state index < -0.39 is 21.5 Å². The van der Waals surface area contributed by atoms with Gasteiger partial charge in [-0.3, -0.25) is 14.7 Å². The number of piperazine rings is 1. The number of pyridine rings is 1. The van der Waals surface area contributed by atoms with Crippen molar-refractivity contribution in [3.63, 3.8) is 0 Å². The quantitative estimate of drug-likeness (QED) is 0.322. The topological polar surface area (TPSA) is 70.6 Å². The summed E-state index contributed by atoms with van der Waals surface area (Å²) in [5, 5.41) is 0.756. The molecule has 1 amide bonds. The zero-order valence-corrected chi connectivity index (χ0v) is 22.5. The number of nitrogens with zero attached hydrogens (tertiary/aromatic N) is 3. The average Bonchev–Trinajstić information content (AvgIpc) is 2.91. The normalized spacial score (nSPS) is 17.3. The number of aromatic nitrogens is 1. The molecule has 4 aromatic rings. The predicted octanol–water partition coefficient (Wildman–Crippen LogP) is 5.39. The molecule has 0 N–H and O–H groups in total. The lowest BCUT2D eigenvalue weighted by molar-refractivity contribution is 0.0405. The Hall–Kier alpha value is -3.69. The van der Waals surface area contributed by atoms with Gasteiger partial charge in [-0.15, -0.1) is 0 Å². The number of halogens is 2. The molecule has 1 aromatic heterocycles. The standard InChI is InChI=1S/C30H29F2N3O3S/c1-20-18-34(21(2)25-15-26(31)17-27(32)16-25)13-14-35(20)30(36)24-10-8-22(9-11-24)19-39(37,38)28-7-3-5-23-6-4-12-33-29(23)28/h3-12,15-17,20-21H,13-14,18-19H2,1-2H3/t20-,21?/m0/s1. The van der Waals surface area contributed by atoms with E-state index in [-0.39, 0.29) is 28.6 Å². The van der Waals surface area contributed by atoms with Gasteiger partial charge in [-0.05, 0) is 61.4 Å². The van der Waals surface area contributed by atoms with E-state index >= 15 is 0 Å². The summed E-state index contributed by atoms with van der Waals surface area (Å²) in [5.74, 6) is -1.56. The summed E-state index contributed by atoms with van der Waals surface area (Å²) in [6.07, 6.45) is 1.57. The number of benzene rings is 3. The molecule has 9 heteroatoms. The highest BCUT2D eigenvalue weighted by Gasteiger charge is 2.31. The Morgan fingerprint density at radius 1 is 1.00 bits per heavy atom. The van der Waals surface area contributed by atoms with Gasteiger partial charge in [0.15, 0.2) is 9.84 Å². The molecule has 0 aliphatic carbocycles. The highest BCUT2D eigenvalue weighted by atomic mass is 32.2. The van der Waals surface area contributed by atoms with Gasteiger partial charge in [-0.2, -0.15) is 0 Å². The molecule has 1 fully saturated rings. The van der Waals surface area contributed by atoms with Crippen LogP contribution >= 0.6 is 0 Å². The van der Waals surface area contributed by atoms with E-state index in [1.165, 1.54) is 12.1 Å². The van der Waals surface area contributed by atoms with Crippen LogP contribution in [-0.4, -0.2) is 54.8 Å². The van der Waals surface area contributed by atoms with Crippen LogP contribution in [0.25, 0.3) is 10.9 Å². The third-order valence-electron chi connectivity index (χ3n) is 7.32. The smallest absolute Gasteiger partial charge is 0.254 e. The molecule has 0 radical (unpaired) electrons. The summed E-state index contributed by atoms with van der Waals surface area (Å²) < 4.78 is 53.8. The van der Waals surface area contributed by atoms with Crippen molar-refractivity contribution in [3.05, 3.63) is 107 Å². The minimum Gasteiger partial charge on any atom is -0.333 e. The van der Waals surface area contributed by atoms with E-state index in [2.05, 4.69) is 9.88 Å². The largest absolute Gasteiger partial charge is 0.333 e. The molecule has 39 heavy (non-hydrogen) atoms. The zero-order chi connectivity index (χ0) is 27.7. The van der Waals surface area contributed by atoms with Crippen molar-refractivity contribution >= 4 is 26.6 Å². The predicted molar refractivity (Wildman–Crippen MR) is 146 cm³/mol. The van der Waals surface area contributed by atoms with Crippen LogP contribution in [0, 0.1) is 11.6 Å². The van der Waals surface area contributed by atoms with E-state index in [0.717, 1.165) is 11.5 Å². The van der Waals surface area contributed by atoms with Crippen LogP contribution in [0.15, 0.2) is 83.9 Å². The minimum atomic E-state index is -3.66. The second-order valence-corrected chi connectivity index (χ2v) is 12.0. The molecule has 1 aliphatic heterocycles. The zero-order valence-electron chi connectivity index (χ0n) is 21.7. The molecule has 6 nitrogen and oxygen atoms in total. The van der Waals surface area contributed by atoms with Gasteiger partial charge in [0.25, 0.3) is 5.91 Å². The van der Waals surface area contributed by atoms with Crippen LogP contribution < -0.4 is 0 Å². The number of carbonyl (C=O) groups is 1. The third-order valence-corrected chi connectivity index (χ3v) is 9.04. The summed E-state index contributed by atoms with van der Waals surface area (Å²) >= 11 is 0. The third kappa shape index (κ3) is 5.69. The van der Waals surface area contributed by atoms with Gasteiger partial charge in [0.2, 0.25) is 0 Å². The first kappa shape index (κ1) is 26.9. The van der Waals surface area contributed by atoms with Crippen LogP contribution in [0.1, 0.15) is 41.4 Å². The fraction of sp³-hybridized carbons (Fsp3) is 0.267. The molecule has 0 spiro atoms. The number of amides is 1. The van der Waals surface area contributed by atoms with Crippen molar-refractivity contribution in [2.24, 2.45) is 0 Å². The van der Waals surface area contributed by atoms with Gasteiger partial charge in [0, 0.05) is 54.9 Å². The summed E-state index contributed by atoms with van der Waals surface area (Å²) in [5.41, 5.74) is 2.05. The highest BCUT2D eigenvalue weighted by molar-refractivity contribution is 7.90. The number of carbonyl (C=O) groups excluding carboxylic acids is 1. The first-order chi connectivity index (χ1) is 18.6. The molecule has 1 aliphatic rings. The van der Waals surface area contributed by atoms with Crippen molar-refractivity contribution < 1.29 is 22.0 Å². The second kappa shape index (κ2) is 10.8. The molecule has 3 aromatic carbocycles. The molecule has 2 heterocycles. The highest BCUT2D eigenvalue weighted by Crippen LogP contribution is 2.27. The number of fused-ring (bicyclic) bond motifs is 1. The Labute approximate surface area is 226 Å². The molecule has 5 rings (SSSR count). The Bertz CT molecular complexity index is 1600. The van der Waals surface area contributed by atoms with Gasteiger partial charge < -0.3 is 4.90 Å². The molecular weight excluding hydrogens is 520 g/mol. The molecule has 0 saturated carbocycles. The van der Waals surface area contributed by atoms with Crippen molar-refractivity contribution in [2.75, 3.05) is 19.6 Å². The molecular formula is C30H29F2N3O3S. The molecule has 202 valence electrons. The van der Waals surface area contributed by atoms with Gasteiger partial charge in [0.05, 0.1) is 16.2 Å². The van der Waals surface area contributed by atoms with Gasteiger partial charge in [-0.25, -0.2) is 17.2 Å². The van der Waals surface area contributed by atoms with E-state index in [4.69, 9.17) is 0 Å². The SMILES string of the molecule is CC(c1cc(F)cc(F)c1)N1CCN(C(=O)c2ccc(CS(=O)(=O)c3cccc4cccnc34)cc2)[C@@H](C)C1. The van der Waals surface area contributed by atoms with Crippen molar-refractivity contribution in [2.45, 2.75) is 36.6 Å². The maximum atomic E-state index is 13.7. The lowest BCUT2D eigenvalue weighted by Gasteiger charge is -2.42. The summed E-state index contributed by atoms with van der Waals surface area (Å²) in [4.78, 5) is 21.6. The van der Waals surface area contributed by atoms with Gasteiger partial charge in [-0.1, -0.05) is 30.3 Å². The first-order valence-corrected chi connectivity index (χ1v) is 14.4. The Kier molecular flexibility index (Phi) is 7.46. The molecule has 1 saturated heterocycles. The van der Waals surface area contributed by atoms with E-state index in [1.807, 2.05) is 26.0 Å². The van der Waals surface area contributed by atoms with E-state index in [1.54, 1.807) is 53.6 Å². The number of hydrogen-bond acceptors (Lipinski definition) is 5. The second-order valence-electron chi connectivity index (χ2n) is 10.0. The summed E-state index contributed by atoms with van der Waals surface area (Å²) in [6.45, 7) is 5.43. The number of rotatable bonds is 6. The van der Waals surface area contributed by atoms with Crippen LogP contribution in [-0.2, 0) is 15.6 Å². The molecule has 2 atom stereocenters. The first-order valence-electron chi connectivity index (χ1n) is 12.8. The van der Waals surface area contributed by atoms with Crippen LogP contribution in [0.5, 0.6) is 0 Å². The summed E-state index contributed by atoms with van der Waals surface area (Å²) in [6, 6.07) is 18.6. The van der Waals surface area contributed by atoms with Gasteiger partial charge >= 0.3 is 0 Å². The van der Waals surface area contributed by atoms with Crippen LogP contribution in [0.4, 0.5) is 8.78 Å². The Morgan fingerprint density at radius 3 is 2.38 bits per heavy atom. The van der Waals surface area contributed by atoms with Gasteiger partial charge in [0.1, 0.15) is 11.6 Å². The summed E-state index contributed by atoms with van der Waals surface area (Å²) in [7, 11) is -3.66. The number of sulfone groups is 1. The Balaban J connectivity index is 1.26. The van der Waals surface area contributed by atoms with Crippen molar-refractivity contribution in [3.8, 4) is 0 Å². The maximum absolute atomic E-state index is 13.7. The van der Waals surface area contributed by atoms with E-state index in [0.29, 0.717) is 41.8 Å². The fourth-order valence-corrected chi connectivity index (χ4v) is 6.74. The van der Waals surface area contributed by atoms with Crippen LogP contribution in [0.2, 0.25) is 0 Å². The minimum absolute atomic E-state index is 0.119. The molecule has 1 unspecified atom stereocenters. The fourth-order valence-electron chi connectivity index (χ4n) is 5.20. The Morgan fingerprint density at radius 2 is 1.69 bits per heavy atom. The molecule has 0 bridgehead atoms. The van der Waals surface area contributed by atoms with E-state index in [9.17, 15) is 22.0 Å². The van der Waals surface area contributed by atoms with Crippen molar-refractivity contribution in [1.29, 1.82) is 0 Å². The lowest BCUT2D eigenvalue weighted by atomic mass is 10.0. The number of hydrogen-bond donors (Lipinski definition) is 0.